The second-order valence-electron chi connectivity index (χ2n) is 24.6. The van der Waals surface area contributed by atoms with Crippen LogP contribution in [0.3, 0.4) is 0 Å². The van der Waals surface area contributed by atoms with E-state index in [1.54, 1.807) is 0 Å². The topological polar surface area (TPSA) is 80.9 Å². The maximum absolute atomic E-state index is 13.0. The molecular formula is C76H86O4. The van der Waals surface area contributed by atoms with Crippen molar-refractivity contribution in [2.75, 3.05) is 0 Å². The highest BCUT2D eigenvalue weighted by atomic mass is 16.3. The van der Waals surface area contributed by atoms with Gasteiger partial charge in [0.15, 0.2) is 0 Å². The summed E-state index contributed by atoms with van der Waals surface area (Å²) in [6, 6.07) is 58.5. The minimum absolute atomic E-state index is 0.0514. The molecule has 0 amide bonds. The molecule has 414 valence electrons. The van der Waals surface area contributed by atoms with Gasteiger partial charge in [-0.25, -0.2) is 0 Å². The number of benzene rings is 8. The lowest BCUT2D eigenvalue weighted by Gasteiger charge is -2.44. The molecule has 3 aliphatic rings. The zero-order chi connectivity index (χ0) is 56.8. The van der Waals surface area contributed by atoms with E-state index in [9.17, 15) is 20.4 Å². The second kappa shape index (κ2) is 23.6. The molecule has 10 bridgehead atoms. The number of hydrogen-bond acceptors (Lipinski definition) is 4. The van der Waals surface area contributed by atoms with E-state index in [1.165, 1.54) is 22.3 Å². The van der Waals surface area contributed by atoms with E-state index >= 15 is 0 Å². The smallest absolute Gasteiger partial charge is 0.105 e. The molecule has 0 aliphatic heterocycles. The van der Waals surface area contributed by atoms with Crippen LogP contribution < -0.4 is 0 Å². The molecule has 4 N–H and O–H groups in total. The highest BCUT2D eigenvalue weighted by molar-refractivity contribution is 5.64. The first-order valence-electron chi connectivity index (χ1n) is 30.2. The van der Waals surface area contributed by atoms with Crippen molar-refractivity contribution in [3.8, 4) is 0 Å². The summed E-state index contributed by atoms with van der Waals surface area (Å²) in [5.74, 6) is 0.545. The molecule has 0 fully saturated rings. The SMILES string of the molecule is CCC1c2ccc(C(O)c3ccccc3C(C)C)c(c2)C(CC)c2ccc(C(O)c3ccccc3C(C)C)c3c2C(C)C3c2ccc(C(O)c3ccccc3C(C)C)c(c2)C(CC)c2ccc(C(O)c3ccccc3C(C)C)c1c2. The van der Waals surface area contributed by atoms with E-state index in [4.69, 9.17) is 0 Å². The number of aliphatic hydroxyl groups excluding tert-OH is 4. The van der Waals surface area contributed by atoms with Gasteiger partial charge in [0.2, 0.25) is 0 Å². The predicted octanol–water partition coefficient (Wildman–Crippen LogP) is 18.7. The maximum Gasteiger partial charge on any atom is 0.105 e. The fourth-order valence-corrected chi connectivity index (χ4v) is 14.6. The van der Waals surface area contributed by atoms with Crippen molar-refractivity contribution in [1.29, 1.82) is 0 Å². The molecule has 80 heavy (non-hydrogen) atoms. The average Bonchev–Trinajstić information content (AvgIpc) is 3.58. The number of rotatable bonds is 15. The van der Waals surface area contributed by atoms with E-state index in [0.717, 1.165) is 114 Å². The van der Waals surface area contributed by atoms with Gasteiger partial charge in [0.25, 0.3) is 0 Å². The van der Waals surface area contributed by atoms with E-state index in [0.29, 0.717) is 0 Å². The van der Waals surface area contributed by atoms with Crippen LogP contribution >= 0.6 is 0 Å². The zero-order valence-electron chi connectivity index (χ0n) is 49.5. The average molecular weight is 1060 g/mol. The summed E-state index contributed by atoms with van der Waals surface area (Å²) in [5.41, 5.74) is 22.3. The van der Waals surface area contributed by atoms with Crippen molar-refractivity contribution < 1.29 is 20.4 Å². The third-order valence-corrected chi connectivity index (χ3v) is 18.7. The third-order valence-electron chi connectivity index (χ3n) is 18.7. The lowest BCUT2D eigenvalue weighted by atomic mass is 9.59. The highest BCUT2D eigenvalue weighted by Crippen LogP contribution is 2.58. The molecule has 0 heterocycles. The van der Waals surface area contributed by atoms with Gasteiger partial charge in [0, 0.05) is 23.7 Å². The lowest BCUT2D eigenvalue weighted by Crippen LogP contribution is -2.30. The first-order chi connectivity index (χ1) is 38.5. The Hall–Kier alpha value is -6.40. The standard InChI is InChI=1S/C76H86O4/c1-13-51-49-33-36-65(75(79)61-30-22-18-26-56(61)45(8)9)69(41-49)53(15-3)58-38-39-66(76(80)62-31-23-19-27-57(62)46(10)11)72-70(47(12)71(58)72)50-34-37-64(74(78)60-29-21-17-25-55(60)44(6)7)68(42-50)52(14-2)48-32-35-63(67(51)40-48)73(77)59-28-20-16-24-54(59)43(4)5/h16-47,51-53,70,73-80H,13-15H2,1-12H3. The van der Waals surface area contributed by atoms with Gasteiger partial charge in [-0.1, -0.05) is 247 Å². The summed E-state index contributed by atoms with van der Waals surface area (Å²) in [5, 5.41) is 51.9. The second-order valence-corrected chi connectivity index (χ2v) is 24.6. The fourth-order valence-electron chi connectivity index (χ4n) is 14.6. The molecule has 4 nitrogen and oxygen atoms in total. The molecule has 0 spiro atoms. The third kappa shape index (κ3) is 10.1. The Labute approximate surface area is 478 Å². The molecule has 9 unspecified atom stereocenters. The Morgan fingerprint density at radius 2 is 0.588 bits per heavy atom. The molecule has 11 rings (SSSR count). The largest absolute Gasteiger partial charge is 0.384 e. The van der Waals surface area contributed by atoms with Crippen LogP contribution in [0.1, 0.15) is 297 Å². The Morgan fingerprint density at radius 3 is 0.925 bits per heavy atom. The van der Waals surface area contributed by atoms with E-state index in [2.05, 4.69) is 223 Å². The summed E-state index contributed by atoms with van der Waals surface area (Å²) in [7, 11) is 0. The van der Waals surface area contributed by atoms with Gasteiger partial charge in [-0.3, -0.25) is 0 Å². The molecule has 4 heteroatoms. The Balaban J connectivity index is 1.30. The predicted molar refractivity (Wildman–Crippen MR) is 331 cm³/mol. The quantitative estimate of drug-likeness (QED) is 0.0825. The van der Waals surface area contributed by atoms with Crippen LogP contribution in [-0.2, 0) is 0 Å². The van der Waals surface area contributed by atoms with Crippen molar-refractivity contribution in [1.82, 2.24) is 0 Å². The van der Waals surface area contributed by atoms with Gasteiger partial charge in [-0.15, -0.1) is 0 Å². The molecule has 8 aromatic rings. The van der Waals surface area contributed by atoms with Gasteiger partial charge in [0.1, 0.15) is 24.4 Å². The summed E-state index contributed by atoms with van der Waals surface area (Å²) < 4.78 is 0. The minimum atomic E-state index is -0.878. The molecule has 3 aliphatic carbocycles. The van der Waals surface area contributed by atoms with Crippen molar-refractivity contribution in [2.45, 2.75) is 180 Å². The highest BCUT2D eigenvalue weighted by Gasteiger charge is 2.44. The fraction of sp³-hybridized carbons (Fsp3) is 0.368. The van der Waals surface area contributed by atoms with Crippen LogP contribution in [0.15, 0.2) is 164 Å². The van der Waals surface area contributed by atoms with Gasteiger partial charge in [-0.2, -0.15) is 0 Å². The van der Waals surface area contributed by atoms with Crippen molar-refractivity contribution >= 4 is 0 Å². The Morgan fingerprint density at radius 1 is 0.300 bits per heavy atom. The lowest BCUT2D eigenvalue weighted by molar-refractivity contribution is 0.215. The first kappa shape index (κ1) is 56.9. The van der Waals surface area contributed by atoms with Gasteiger partial charge < -0.3 is 20.4 Å². The summed E-state index contributed by atoms with van der Waals surface area (Å²) in [6.07, 6.45) is -1.16. The van der Waals surface area contributed by atoms with Crippen LogP contribution in [0.4, 0.5) is 0 Å². The molecule has 8 aromatic carbocycles. The zero-order valence-corrected chi connectivity index (χ0v) is 49.5. The summed E-state index contributed by atoms with van der Waals surface area (Å²) >= 11 is 0. The van der Waals surface area contributed by atoms with Crippen molar-refractivity contribution in [2.24, 2.45) is 0 Å². The van der Waals surface area contributed by atoms with E-state index in [1.807, 2.05) is 24.3 Å². The molecule has 0 aromatic heterocycles. The van der Waals surface area contributed by atoms with Crippen molar-refractivity contribution in [3.05, 3.63) is 281 Å². The van der Waals surface area contributed by atoms with Crippen LogP contribution in [-0.4, -0.2) is 20.4 Å². The van der Waals surface area contributed by atoms with Gasteiger partial charge in [-0.05, 0) is 166 Å². The monoisotopic (exact) mass is 1060 g/mol. The maximum atomic E-state index is 13.0. The van der Waals surface area contributed by atoms with Gasteiger partial charge >= 0.3 is 0 Å². The van der Waals surface area contributed by atoms with E-state index < -0.39 is 24.4 Å². The van der Waals surface area contributed by atoms with Crippen LogP contribution in [0, 0.1) is 0 Å². The Kier molecular flexibility index (Phi) is 16.8. The Bertz CT molecular complexity index is 3410. The normalized spacial score (nSPS) is 19.3. The molecular weight excluding hydrogens is 977 g/mol. The summed E-state index contributed by atoms with van der Waals surface area (Å²) in [6.45, 7) is 26.8. The van der Waals surface area contributed by atoms with Gasteiger partial charge in [0.05, 0.1) is 0 Å². The summed E-state index contributed by atoms with van der Waals surface area (Å²) in [4.78, 5) is 0. The molecule has 0 radical (unpaired) electrons. The first-order valence-corrected chi connectivity index (χ1v) is 30.2. The minimum Gasteiger partial charge on any atom is -0.384 e. The number of hydrogen-bond donors (Lipinski definition) is 4. The van der Waals surface area contributed by atoms with Crippen LogP contribution in [0.5, 0.6) is 0 Å². The van der Waals surface area contributed by atoms with E-state index in [-0.39, 0.29) is 53.3 Å². The molecule has 0 saturated carbocycles. The van der Waals surface area contributed by atoms with Crippen LogP contribution in [0.25, 0.3) is 0 Å². The molecule has 0 saturated heterocycles. The molecule has 9 atom stereocenters. The van der Waals surface area contributed by atoms with Crippen LogP contribution in [0.2, 0.25) is 0 Å². The number of aliphatic hydroxyl groups is 4. The van der Waals surface area contributed by atoms with Crippen molar-refractivity contribution in [3.63, 3.8) is 0 Å².